The first-order valence-corrected chi connectivity index (χ1v) is 12.5. The lowest BCUT2D eigenvalue weighted by atomic mass is 9.68. The maximum Gasteiger partial charge on any atom is 0.123 e. The maximum atomic E-state index is 13.0. The quantitative estimate of drug-likeness (QED) is 0.353. The van der Waals surface area contributed by atoms with Crippen molar-refractivity contribution in [3.63, 3.8) is 0 Å². The molecule has 0 amide bonds. The third-order valence-electron chi connectivity index (χ3n) is 7.92. The van der Waals surface area contributed by atoms with Gasteiger partial charge in [-0.2, -0.15) is 0 Å². The molecule has 2 saturated carbocycles. The van der Waals surface area contributed by atoms with Crippen molar-refractivity contribution in [2.45, 2.75) is 110 Å². The second-order valence-electron chi connectivity index (χ2n) is 9.93. The fraction of sp³-hybridized carbons (Fsp3) is 0.778. The Hall–Kier alpha value is -0.850. The van der Waals surface area contributed by atoms with E-state index in [9.17, 15) is 4.39 Å². The molecule has 0 saturated heterocycles. The largest absolute Gasteiger partial charge is 0.207 e. The van der Waals surface area contributed by atoms with Crippen molar-refractivity contribution in [1.29, 1.82) is 0 Å². The van der Waals surface area contributed by atoms with Gasteiger partial charge in [-0.3, -0.25) is 0 Å². The Morgan fingerprint density at radius 2 is 1.21 bits per heavy atom. The highest BCUT2D eigenvalue weighted by atomic mass is 19.1. The van der Waals surface area contributed by atoms with Crippen molar-refractivity contribution < 1.29 is 4.39 Å². The summed E-state index contributed by atoms with van der Waals surface area (Å²) >= 11 is 0. The van der Waals surface area contributed by atoms with Gasteiger partial charge in [0, 0.05) is 0 Å². The predicted molar refractivity (Wildman–Crippen MR) is 119 cm³/mol. The average Bonchev–Trinajstić information content (AvgIpc) is 2.74. The van der Waals surface area contributed by atoms with Crippen LogP contribution in [0.15, 0.2) is 24.3 Å². The molecule has 0 atom stereocenters. The zero-order valence-electron chi connectivity index (χ0n) is 18.3. The third-order valence-corrected chi connectivity index (χ3v) is 7.92. The van der Waals surface area contributed by atoms with Crippen molar-refractivity contribution in [3.05, 3.63) is 35.6 Å². The van der Waals surface area contributed by atoms with Crippen LogP contribution < -0.4 is 0 Å². The van der Waals surface area contributed by atoms with Crippen LogP contribution in [-0.2, 0) is 6.42 Å². The zero-order valence-corrected chi connectivity index (χ0v) is 18.3. The lowest BCUT2D eigenvalue weighted by Gasteiger charge is -2.38. The van der Waals surface area contributed by atoms with Crippen molar-refractivity contribution in [1.82, 2.24) is 0 Å². The molecule has 28 heavy (non-hydrogen) atoms. The summed E-state index contributed by atoms with van der Waals surface area (Å²) in [7, 11) is 0. The molecular formula is C27H43F. The molecule has 2 fully saturated rings. The normalized spacial score (nSPS) is 28.4. The minimum atomic E-state index is -0.115. The molecule has 0 bridgehead atoms. The van der Waals surface area contributed by atoms with Crippen LogP contribution in [-0.4, -0.2) is 0 Å². The topological polar surface area (TPSA) is 0 Å². The van der Waals surface area contributed by atoms with E-state index in [2.05, 4.69) is 6.92 Å². The number of aryl methyl sites for hydroxylation is 1. The van der Waals surface area contributed by atoms with Crippen molar-refractivity contribution >= 4 is 0 Å². The summed E-state index contributed by atoms with van der Waals surface area (Å²) in [6.45, 7) is 2.31. The molecule has 0 aromatic heterocycles. The SMILES string of the molecule is CCCCCCC[C@H]1CC[C@H]([C@H]2CC[C@H](CCc3ccc(F)cc3)CC2)CC1. The van der Waals surface area contributed by atoms with Crippen molar-refractivity contribution in [2.24, 2.45) is 23.7 Å². The van der Waals surface area contributed by atoms with Gasteiger partial charge in [-0.1, -0.05) is 83.3 Å². The lowest BCUT2D eigenvalue weighted by molar-refractivity contribution is 0.140. The number of halogens is 1. The molecule has 0 unspecified atom stereocenters. The van der Waals surface area contributed by atoms with Crippen LogP contribution in [0.3, 0.4) is 0 Å². The Kier molecular flexibility index (Phi) is 9.35. The molecule has 2 aliphatic rings. The predicted octanol–water partition coefficient (Wildman–Crippen LogP) is 8.73. The van der Waals surface area contributed by atoms with Gasteiger partial charge in [0.25, 0.3) is 0 Å². The minimum Gasteiger partial charge on any atom is -0.207 e. The first-order valence-electron chi connectivity index (χ1n) is 12.5. The van der Waals surface area contributed by atoms with Crippen LogP contribution in [0.4, 0.5) is 4.39 Å². The van der Waals surface area contributed by atoms with Gasteiger partial charge >= 0.3 is 0 Å². The van der Waals surface area contributed by atoms with Gasteiger partial charge in [-0.25, -0.2) is 4.39 Å². The Balaban J connectivity index is 1.27. The van der Waals surface area contributed by atoms with Crippen LogP contribution in [0.2, 0.25) is 0 Å². The molecule has 0 spiro atoms. The highest BCUT2D eigenvalue weighted by Crippen LogP contribution is 2.43. The maximum absolute atomic E-state index is 13.0. The van der Waals surface area contributed by atoms with Gasteiger partial charge in [-0.15, -0.1) is 0 Å². The summed E-state index contributed by atoms with van der Waals surface area (Å²) < 4.78 is 13.0. The Morgan fingerprint density at radius 3 is 1.79 bits per heavy atom. The minimum absolute atomic E-state index is 0.115. The second kappa shape index (κ2) is 12.0. The molecule has 0 aliphatic heterocycles. The smallest absolute Gasteiger partial charge is 0.123 e. The van der Waals surface area contributed by atoms with Crippen LogP contribution in [0, 0.1) is 29.5 Å². The summed E-state index contributed by atoms with van der Waals surface area (Å²) in [5.74, 6) is 3.89. The number of benzene rings is 1. The first kappa shape index (κ1) is 21.8. The van der Waals surface area contributed by atoms with Gasteiger partial charge in [0.05, 0.1) is 0 Å². The van der Waals surface area contributed by atoms with Gasteiger partial charge < -0.3 is 0 Å². The van der Waals surface area contributed by atoms with Gasteiger partial charge in [0.1, 0.15) is 5.82 Å². The third kappa shape index (κ3) is 7.20. The van der Waals surface area contributed by atoms with E-state index in [0.29, 0.717) is 0 Å². The summed E-state index contributed by atoms with van der Waals surface area (Å²) in [5.41, 5.74) is 1.30. The van der Waals surface area contributed by atoms with Crippen LogP contribution in [0.1, 0.15) is 109 Å². The Labute approximate surface area is 173 Å². The number of hydrogen-bond donors (Lipinski definition) is 0. The van der Waals surface area contributed by atoms with Gasteiger partial charge in [0.15, 0.2) is 0 Å². The molecule has 158 valence electrons. The van der Waals surface area contributed by atoms with Crippen LogP contribution in [0.25, 0.3) is 0 Å². The van der Waals surface area contributed by atoms with E-state index in [1.807, 2.05) is 12.1 Å². The van der Waals surface area contributed by atoms with E-state index in [0.717, 1.165) is 30.1 Å². The fourth-order valence-corrected chi connectivity index (χ4v) is 5.96. The second-order valence-corrected chi connectivity index (χ2v) is 9.93. The number of rotatable bonds is 10. The van der Waals surface area contributed by atoms with Crippen molar-refractivity contribution in [2.75, 3.05) is 0 Å². The summed E-state index contributed by atoms with van der Waals surface area (Å²) in [4.78, 5) is 0. The van der Waals surface area contributed by atoms with E-state index in [4.69, 9.17) is 0 Å². The molecule has 0 radical (unpaired) electrons. The molecule has 3 rings (SSSR count). The highest BCUT2D eigenvalue weighted by molar-refractivity contribution is 5.16. The standard InChI is InChI=1S/C27H43F/c1-2-3-4-5-6-7-22-10-16-25(17-11-22)26-18-12-23(13-19-26)8-9-24-14-20-27(28)21-15-24/h14-15,20-23,25-26H,2-13,16-19H2,1H3/t22-,23-,25-,26-. The van der Waals surface area contributed by atoms with Gasteiger partial charge in [-0.05, 0) is 79.9 Å². The van der Waals surface area contributed by atoms with Gasteiger partial charge in [0.2, 0.25) is 0 Å². The lowest BCUT2D eigenvalue weighted by Crippen LogP contribution is -2.26. The molecule has 0 N–H and O–H groups in total. The number of hydrogen-bond acceptors (Lipinski definition) is 0. The van der Waals surface area contributed by atoms with E-state index in [-0.39, 0.29) is 5.82 Å². The molecule has 0 nitrogen and oxygen atoms in total. The highest BCUT2D eigenvalue weighted by Gasteiger charge is 2.30. The van der Waals surface area contributed by atoms with E-state index in [1.165, 1.54) is 102 Å². The first-order chi connectivity index (χ1) is 13.7. The molecule has 0 heterocycles. The van der Waals surface area contributed by atoms with E-state index in [1.54, 1.807) is 12.1 Å². The van der Waals surface area contributed by atoms with Crippen LogP contribution >= 0.6 is 0 Å². The average molecular weight is 387 g/mol. The summed E-state index contributed by atoms with van der Waals surface area (Å²) in [5, 5.41) is 0. The van der Waals surface area contributed by atoms with Crippen LogP contribution in [0.5, 0.6) is 0 Å². The number of unbranched alkanes of at least 4 members (excludes halogenated alkanes) is 4. The zero-order chi connectivity index (χ0) is 19.6. The molecular weight excluding hydrogens is 343 g/mol. The molecule has 2 aliphatic carbocycles. The fourth-order valence-electron chi connectivity index (χ4n) is 5.96. The molecule has 1 aromatic rings. The van der Waals surface area contributed by atoms with E-state index < -0.39 is 0 Å². The summed E-state index contributed by atoms with van der Waals surface area (Å²) in [6.07, 6.45) is 23.0. The molecule has 1 aromatic carbocycles. The van der Waals surface area contributed by atoms with E-state index >= 15 is 0 Å². The summed E-state index contributed by atoms with van der Waals surface area (Å²) in [6, 6.07) is 7.13. The Bertz CT molecular complexity index is 518. The van der Waals surface area contributed by atoms with Crippen molar-refractivity contribution in [3.8, 4) is 0 Å². The Morgan fingerprint density at radius 1 is 0.679 bits per heavy atom. The monoisotopic (exact) mass is 386 g/mol. The molecule has 1 heteroatoms.